The first-order chi connectivity index (χ1) is 17.2. The van der Waals surface area contributed by atoms with Crippen LogP contribution in [0.2, 0.25) is 0 Å². The third kappa shape index (κ3) is 5.01. The van der Waals surface area contributed by atoms with Crippen LogP contribution < -0.4 is 10.1 Å². The lowest BCUT2D eigenvalue weighted by molar-refractivity contribution is -0.0564. The van der Waals surface area contributed by atoms with Crippen molar-refractivity contribution in [2.45, 2.75) is 48.3 Å². The molecule has 0 spiro atoms. The fraction of sp³-hybridized carbons (Fsp3) is 0.400. The lowest BCUT2D eigenvalue weighted by Gasteiger charge is -2.57. The second kappa shape index (κ2) is 11.2. The van der Waals surface area contributed by atoms with Crippen LogP contribution in [-0.2, 0) is 6.54 Å². The van der Waals surface area contributed by atoms with Gasteiger partial charge in [0.15, 0.2) is 0 Å². The molecule has 3 fully saturated rings. The van der Waals surface area contributed by atoms with Crippen LogP contribution >= 0.6 is 11.8 Å². The summed E-state index contributed by atoms with van der Waals surface area (Å²) in [5.41, 5.74) is 3.87. The smallest absolute Gasteiger partial charge is 0.123 e. The van der Waals surface area contributed by atoms with Crippen molar-refractivity contribution in [2.24, 2.45) is 5.92 Å². The molecular weight excluding hydrogens is 452 g/mol. The van der Waals surface area contributed by atoms with Crippen molar-refractivity contribution in [2.75, 3.05) is 26.5 Å². The van der Waals surface area contributed by atoms with E-state index in [4.69, 9.17) is 4.74 Å². The molecule has 3 aliphatic heterocycles. The van der Waals surface area contributed by atoms with E-state index in [-0.39, 0.29) is 24.6 Å². The van der Waals surface area contributed by atoms with Gasteiger partial charge in [-0.25, -0.2) is 0 Å². The molecule has 2 bridgehead atoms. The molecule has 35 heavy (non-hydrogen) atoms. The summed E-state index contributed by atoms with van der Waals surface area (Å²) in [6.07, 6.45) is 4.33. The summed E-state index contributed by atoms with van der Waals surface area (Å²) < 4.78 is 5.70. The van der Waals surface area contributed by atoms with Crippen molar-refractivity contribution in [3.05, 3.63) is 95.6 Å². The van der Waals surface area contributed by atoms with E-state index in [1.807, 2.05) is 0 Å². The first-order valence-corrected chi connectivity index (χ1v) is 13.9. The molecule has 2 N–H and O–H groups in total. The molecule has 184 valence electrons. The molecule has 3 heterocycles. The number of thioether (sulfide) groups is 1. The van der Waals surface area contributed by atoms with Crippen LogP contribution in [0.3, 0.4) is 0 Å². The normalized spacial score (nSPS) is 25.7. The molecule has 5 heteroatoms. The molecule has 5 unspecified atom stereocenters. The monoisotopic (exact) mass is 488 g/mol. The molecule has 0 aromatic heterocycles. The number of hydrogen-bond donors (Lipinski definition) is 2. The van der Waals surface area contributed by atoms with Gasteiger partial charge in [-0.15, -0.1) is 11.8 Å². The summed E-state index contributed by atoms with van der Waals surface area (Å²) in [5, 5.41) is 14.3. The van der Waals surface area contributed by atoms with E-state index in [1.54, 1.807) is 18.9 Å². The van der Waals surface area contributed by atoms with Crippen LogP contribution in [0.4, 0.5) is 0 Å². The minimum Gasteiger partial charge on any atom is -0.496 e. The Morgan fingerprint density at radius 2 is 1.71 bits per heavy atom. The number of rotatable bonds is 9. The summed E-state index contributed by atoms with van der Waals surface area (Å²) in [7, 11) is 1.75. The van der Waals surface area contributed by atoms with E-state index >= 15 is 0 Å². The Morgan fingerprint density at radius 1 is 1.03 bits per heavy atom. The van der Waals surface area contributed by atoms with Crippen molar-refractivity contribution in [3.8, 4) is 5.75 Å². The lowest BCUT2D eigenvalue weighted by atomic mass is 9.68. The van der Waals surface area contributed by atoms with Crippen molar-refractivity contribution in [1.82, 2.24) is 10.2 Å². The molecule has 3 aromatic rings. The zero-order chi connectivity index (χ0) is 24.2. The minimum atomic E-state index is 0.222. The highest BCUT2D eigenvalue weighted by Gasteiger charge is 2.49. The number of fused-ring (bicyclic) bond motifs is 3. The maximum Gasteiger partial charge on any atom is 0.123 e. The first kappa shape index (κ1) is 24.4. The van der Waals surface area contributed by atoms with E-state index in [1.165, 1.54) is 28.0 Å². The van der Waals surface area contributed by atoms with Crippen LogP contribution in [0.15, 0.2) is 83.8 Å². The predicted molar refractivity (Wildman–Crippen MR) is 144 cm³/mol. The summed E-state index contributed by atoms with van der Waals surface area (Å²) in [6, 6.07) is 29.1. The largest absolute Gasteiger partial charge is 0.496 e. The van der Waals surface area contributed by atoms with E-state index in [2.05, 4.69) is 95.3 Å². The Bertz CT molecular complexity index is 1050. The molecule has 4 nitrogen and oxygen atoms in total. The number of nitrogens with one attached hydrogen (secondary N) is 1. The number of ether oxygens (including phenoxy) is 1. The van der Waals surface area contributed by atoms with Gasteiger partial charge in [-0.05, 0) is 60.9 Å². The van der Waals surface area contributed by atoms with Crippen molar-refractivity contribution in [3.63, 3.8) is 0 Å². The average molecular weight is 489 g/mol. The van der Waals surface area contributed by atoms with Crippen LogP contribution in [-0.4, -0.2) is 54.6 Å². The number of piperidine rings is 3. The third-order valence-electron chi connectivity index (χ3n) is 7.95. The van der Waals surface area contributed by atoms with Gasteiger partial charge in [0, 0.05) is 41.0 Å². The molecule has 0 amide bonds. The number of benzene rings is 3. The van der Waals surface area contributed by atoms with Gasteiger partial charge in [-0.2, -0.15) is 0 Å². The fourth-order valence-corrected chi connectivity index (χ4v) is 6.79. The first-order valence-electron chi connectivity index (χ1n) is 12.6. The van der Waals surface area contributed by atoms with Gasteiger partial charge < -0.3 is 15.2 Å². The fourth-order valence-electron chi connectivity index (χ4n) is 6.33. The molecule has 3 saturated heterocycles. The second-order valence-electron chi connectivity index (χ2n) is 9.73. The molecule has 0 aliphatic carbocycles. The van der Waals surface area contributed by atoms with Crippen LogP contribution in [0.1, 0.15) is 35.4 Å². The second-order valence-corrected chi connectivity index (χ2v) is 10.6. The average Bonchev–Trinajstić information content (AvgIpc) is 2.93. The standard InChI is InChI=1S/C30H36N2O2S/c1-34-27-14-13-26(35-2)18-24(27)19-31-29-23-15-16-32(25(17-23)20-33)30(29)28(21-9-5-3-6-10-21)22-11-7-4-8-12-22/h3-14,18,23,25,28-31,33H,15-17,19-20H2,1-2H3. The Morgan fingerprint density at radius 3 is 2.31 bits per heavy atom. The zero-order valence-electron chi connectivity index (χ0n) is 20.6. The summed E-state index contributed by atoms with van der Waals surface area (Å²) in [6.45, 7) is 2.03. The highest BCUT2D eigenvalue weighted by molar-refractivity contribution is 7.98. The van der Waals surface area contributed by atoms with Crippen LogP contribution in [0.25, 0.3) is 0 Å². The van der Waals surface area contributed by atoms with Gasteiger partial charge in [-0.3, -0.25) is 4.90 Å². The Labute approximate surface area is 213 Å². The van der Waals surface area contributed by atoms with Gasteiger partial charge in [0.1, 0.15) is 5.75 Å². The van der Waals surface area contributed by atoms with Gasteiger partial charge in [0.25, 0.3) is 0 Å². The molecule has 3 aliphatic rings. The Hall–Kier alpha value is -2.31. The van der Waals surface area contributed by atoms with E-state index in [0.29, 0.717) is 12.0 Å². The molecule has 0 saturated carbocycles. The van der Waals surface area contributed by atoms with Crippen LogP contribution in [0.5, 0.6) is 5.75 Å². The van der Waals surface area contributed by atoms with Gasteiger partial charge in [0.2, 0.25) is 0 Å². The number of nitrogens with zero attached hydrogens (tertiary/aromatic N) is 1. The molecular formula is C30H36N2O2S. The van der Waals surface area contributed by atoms with Crippen molar-refractivity contribution >= 4 is 11.8 Å². The molecule has 6 rings (SSSR count). The summed E-state index contributed by atoms with van der Waals surface area (Å²) >= 11 is 1.76. The van der Waals surface area contributed by atoms with Crippen molar-refractivity contribution < 1.29 is 9.84 Å². The Kier molecular flexibility index (Phi) is 7.78. The number of aliphatic hydroxyl groups is 1. The topological polar surface area (TPSA) is 44.7 Å². The minimum absolute atomic E-state index is 0.222. The van der Waals surface area contributed by atoms with E-state index < -0.39 is 0 Å². The highest BCUT2D eigenvalue weighted by atomic mass is 32.2. The lowest BCUT2D eigenvalue weighted by Crippen LogP contribution is -2.68. The summed E-state index contributed by atoms with van der Waals surface area (Å²) in [4.78, 5) is 3.84. The SMILES string of the molecule is COc1ccc(SC)cc1CNC1C2CCN(C(CO)C2)C1C(c1ccccc1)c1ccccc1. The van der Waals surface area contributed by atoms with Crippen molar-refractivity contribution in [1.29, 1.82) is 0 Å². The van der Waals surface area contributed by atoms with E-state index in [0.717, 1.165) is 25.3 Å². The maximum absolute atomic E-state index is 10.3. The quantitative estimate of drug-likeness (QED) is 0.407. The highest BCUT2D eigenvalue weighted by Crippen LogP contribution is 2.44. The molecule has 0 radical (unpaired) electrons. The van der Waals surface area contributed by atoms with Gasteiger partial charge in [-0.1, -0.05) is 60.7 Å². The Balaban J connectivity index is 1.52. The molecule has 5 atom stereocenters. The van der Waals surface area contributed by atoms with Gasteiger partial charge in [0.05, 0.1) is 13.7 Å². The molecule has 3 aromatic carbocycles. The van der Waals surface area contributed by atoms with Gasteiger partial charge >= 0.3 is 0 Å². The summed E-state index contributed by atoms with van der Waals surface area (Å²) in [5.74, 6) is 1.70. The predicted octanol–water partition coefficient (Wildman–Crippen LogP) is 5.16. The van der Waals surface area contributed by atoms with E-state index in [9.17, 15) is 5.11 Å². The number of methoxy groups -OCH3 is 1. The van der Waals surface area contributed by atoms with Crippen LogP contribution in [0, 0.1) is 5.92 Å². The third-order valence-corrected chi connectivity index (χ3v) is 8.67. The number of hydrogen-bond acceptors (Lipinski definition) is 5. The number of aliphatic hydroxyl groups excluding tert-OH is 1. The maximum atomic E-state index is 10.3. The zero-order valence-corrected chi connectivity index (χ0v) is 21.5.